The summed E-state index contributed by atoms with van der Waals surface area (Å²) >= 11 is 0. The summed E-state index contributed by atoms with van der Waals surface area (Å²) in [5.41, 5.74) is 1.94. The summed E-state index contributed by atoms with van der Waals surface area (Å²) in [5, 5.41) is 0. The van der Waals surface area contributed by atoms with Gasteiger partial charge in [-0.05, 0) is 62.9 Å². The molecule has 2 aromatic rings. The second kappa shape index (κ2) is 8.18. The third-order valence-electron chi connectivity index (χ3n) is 5.55. The fraction of sp³-hybridized carbons (Fsp3) is 0.478. The molecule has 32 heavy (non-hydrogen) atoms. The lowest BCUT2D eigenvalue weighted by atomic mass is 9.90. The number of hydrogen-bond donors (Lipinski definition) is 0. The van der Waals surface area contributed by atoms with E-state index in [1.54, 1.807) is 23.2 Å². The Balaban J connectivity index is 1.56. The third-order valence-corrected chi connectivity index (χ3v) is 5.55. The van der Waals surface area contributed by atoms with Crippen LogP contribution in [-0.4, -0.2) is 53.6 Å². The topological polar surface area (TPSA) is 54.9 Å². The fourth-order valence-electron chi connectivity index (χ4n) is 4.29. The first-order valence-corrected chi connectivity index (χ1v) is 10.6. The van der Waals surface area contributed by atoms with Crippen molar-refractivity contribution >= 4 is 11.9 Å². The number of hydrogen-bond acceptors (Lipinski definition) is 5. The number of halogens is 3. The van der Waals surface area contributed by atoms with Gasteiger partial charge in [0.05, 0.1) is 0 Å². The van der Waals surface area contributed by atoms with Crippen molar-refractivity contribution in [3.8, 4) is 16.9 Å². The van der Waals surface area contributed by atoms with Crippen LogP contribution in [0, 0.1) is 0 Å². The molecule has 172 valence electrons. The van der Waals surface area contributed by atoms with Gasteiger partial charge in [-0.15, -0.1) is 13.2 Å². The maximum absolute atomic E-state index is 12.6. The average molecular weight is 449 g/mol. The predicted molar refractivity (Wildman–Crippen MR) is 114 cm³/mol. The van der Waals surface area contributed by atoms with Crippen LogP contribution in [0.15, 0.2) is 36.5 Å². The number of piperazine rings is 1. The van der Waals surface area contributed by atoms with Gasteiger partial charge in [0.1, 0.15) is 17.2 Å². The van der Waals surface area contributed by atoms with Gasteiger partial charge in [-0.2, -0.15) is 0 Å². The highest BCUT2D eigenvalue weighted by molar-refractivity contribution is 5.75. The van der Waals surface area contributed by atoms with Crippen molar-refractivity contribution in [2.75, 3.05) is 24.5 Å². The van der Waals surface area contributed by atoms with Gasteiger partial charge in [-0.1, -0.05) is 12.1 Å². The summed E-state index contributed by atoms with van der Waals surface area (Å²) in [4.78, 5) is 21.0. The number of carbonyl (C=O) groups is 1. The second-order valence-corrected chi connectivity index (χ2v) is 9.05. The summed E-state index contributed by atoms with van der Waals surface area (Å²) in [5.74, 6) is 0.574. The molecule has 6 nitrogen and oxygen atoms in total. The molecule has 1 aromatic carbocycles. The number of aromatic nitrogens is 1. The minimum absolute atomic E-state index is 0.117. The predicted octanol–water partition coefficient (Wildman–Crippen LogP) is 5.02. The maximum Gasteiger partial charge on any atom is 0.573 e. The largest absolute Gasteiger partial charge is 0.573 e. The van der Waals surface area contributed by atoms with Gasteiger partial charge in [0, 0.05) is 37.4 Å². The molecule has 0 aliphatic carbocycles. The molecule has 3 heterocycles. The maximum atomic E-state index is 12.6. The van der Waals surface area contributed by atoms with E-state index in [1.165, 1.54) is 12.1 Å². The zero-order valence-electron chi connectivity index (χ0n) is 18.3. The van der Waals surface area contributed by atoms with E-state index >= 15 is 0 Å². The Hall–Kier alpha value is -2.97. The van der Waals surface area contributed by atoms with Crippen molar-refractivity contribution < 1.29 is 27.4 Å². The highest BCUT2D eigenvalue weighted by atomic mass is 19.4. The molecule has 0 bridgehead atoms. The zero-order valence-corrected chi connectivity index (χ0v) is 18.3. The van der Waals surface area contributed by atoms with Crippen molar-refractivity contribution in [1.29, 1.82) is 0 Å². The number of nitrogens with zero attached hydrogens (tertiary/aromatic N) is 3. The van der Waals surface area contributed by atoms with Crippen molar-refractivity contribution in [3.05, 3.63) is 42.1 Å². The van der Waals surface area contributed by atoms with E-state index in [9.17, 15) is 18.0 Å². The molecule has 0 saturated carbocycles. The van der Waals surface area contributed by atoms with Gasteiger partial charge in [-0.25, -0.2) is 9.78 Å². The summed E-state index contributed by atoms with van der Waals surface area (Å²) in [6.07, 6.45) is -1.85. The molecule has 4 rings (SSSR count). The van der Waals surface area contributed by atoms with Crippen molar-refractivity contribution in [2.45, 2.75) is 51.6 Å². The first kappa shape index (κ1) is 22.2. The number of anilines is 1. The normalized spacial score (nSPS) is 18.6. The van der Waals surface area contributed by atoms with E-state index in [2.05, 4.69) is 14.6 Å². The number of alkyl halides is 3. The van der Waals surface area contributed by atoms with E-state index in [0.717, 1.165) is 23.4 Å². The van der Waals surface area contributed by atoms with Crippen LogP contribution >= 0.6 is 0 Å². The smallest absolute Gasteiger partial charge is 0.444 e. The Morgan fingerprint density at radius 3 is 2.66 bits per heavy atom. The Labute approximate surface area is 184 Å². The summed E-state index contributed by atoms with van der Waals surface area (Å²) in [6.45, 7) is 7.22. The van der Waals surface area contributed by atoms with Crippen LogP contribution in [0.3, 0.4) is 0 Å². The molecular formula is C23H26F3N3O3. The molecule has 1 saturated heterocycles. The highest BCUT2D eigenvalue weighted by Crippen LogP contribution is 2.38. The van der Waals surface area contributed by atoms with Crippen LogP contribution in [0.5, 0.6) is 5.75 Å². The molecule has 1 aromatic heterocycles. The average Bonchev–Trinajstić information content (AvgIpc) is 2.70. The molecule has 0 spiro atoms. The number of ether oxygens (including phenoxy) is 2. The highest BCUT2D eigenvalue weighted by Gasteiger charge is 2.36. The van der Waals surface area contributed by atoms with Gasteiger partial charge in [0.25, 0.3) is 0 Å². The minimum atomic E-state index is -4.74. The Bertz CT molecular complexity index is 1000. The monoisotopic (exact) mass is 449 g/mol. The Kier molecular flexibility index (Phi) is 5.68. The first-order valence-electron chi connectivity index (χ1n) is 10.6. The lowest BCUT2D eigenvalue weighted by Gasteiger charge is -2.45. The van der Waals surface area contributed by atoms with E-state index in [0.29, 0.717) is 31.6 Å². The van der Waals surface area contributed by atoms with Crippen LogP contribution in [0.4, 0.5) is 23.8 Å². The number of carbonyl (C=O) groups excluding carboxylic acids is 1. The van der Waals surface area contributed by atoms with E-state index in [-0.39, 0.29) is 17.9 Å². The van der Waals surface area contributed by atoms with Gasteiger partial charge < -0.3 is 19.3 Å². The third kappa shape index (κ3) is 4.92. The molecule has 2 aliphatic heterocycles. The molecule has 0 N–H and O–H groups in total. The van der Waals surface area contributed by atoms with Gasteiger partial charge in [0.2, 0.25) is 0 Å². The zero-order chi connectivity index (χ0) is 23.1. The van der Waals surface area contributed by atoms with Gasteiger partial charge in [0.15, 0.2) is 0 Å². The summed E-state index contributed by atoms with van der Waals surface area (Å²) < 4.78 is 47.5. The number of amides is 1. The standard InChI is InChI=1S/C23H26F3N3O3/c1-22(2,3)32-21(30)28-11-12-29-16(14-28)7-8-19-18(9-10-27-20(19)29)15-5-4-6-17(13-15)31-23(24,25)26/h4-6,9-10,13,16H,7-8,11-12,14H2,1-3H3. The molecule has 0 radical (unpaired) electrons. The van der Waals surface area contributed by atoms with E-state index in [1.807, 2.05) is 26.8 Å². The van der Waals surface area contributed by atoms with Crippen molar-refractivity contribution in [3.63, 3.8) is 0 Å². The molecule has 2 aliphatic rings. The summed E-state index contributed by atoms with van der Waals surface area (Å²) in [7, 11) is 0. The number of fused-ring (bicyclic) bond motifs is 3. The quantitative estimate of drug-likeness (QED) is 0.645. The number of benzene rings is 1. The molecule has 1 atom stereocenters. The van der Waals surface area contributed by atoms with Gasteiger partial charge in [-0.3, -0.25) is 0 Å². The number of rotatable bonds is 2. The van der Waals surface area contributed by atoms with Crippen LogP contribution in [0.2, 0.25) is 0 Å². The Morgan fingerprint density at radius 1 is 1.16 bits per heavy atom. The van der Waals surface area contributed by atoms with E-state index in [4.69, 9.17) is 4.74 Å². The van der Waals surface area contributed by atoms with Crippen LogP contribution in [0.25, 0.3) is 11.1 Å². The van der Waals surface area contributed by atoms with Crippen molar-refractivity contribution in [2.24, 2.45) is 0 Å². The molecular weight excluding hydrogens is 423 g/mol. The minimum Gasteiger partial charge on any atom is -0.444 e. The molecule has 1 fully saturated rings. The lowest BCUT2D eigenvalue weighted by Crippen LogP contribution is -2.57. The lowest BCUT2D eigenvalue weighted by molar-refractivity contribution is -0.274. The molecule has 1 amide bonds. The van der Waals surface area contributed by atoms with E-state index < -0.39 is 12.0 Å². The SMILES string of the molecule is CC(C)(C)OC(=O)N1CCN2c3nccc(-c4cccc(OC(F)(F)F)c4)c3CCC2C1. The van der Waals surface area contributed by atoms with Crippen LogP contribution in [-0.2, 0) is 11.2 Å². The Morgan fingerprint density at radius 2 is 1.94 bits per heavy atom. The number of pyridine rings is 1. The van der Waals surface area contributed by atoms with Gasteiger partial charge >= 0.3 is 12.5 Å². The molecule has 9 heteroatoms. The first-order chi connectivity index (χ1) is 15.0. The molecule has 1 unspecified atom stereocenters. The van der Waals surface area contributed by atoms with Crippen LogP contribution < -0.4 is 9.64 Å². The second-order valence-electron chi connectivity index (χ2n) is 9.05. The summed E-state index contributed by atoms with van der Waals surface area (Å²) in [6, 6.07) is 7.95. The van der Waals surface area contributed by atoms with Crippen LogP contribution in [0.1, 0.15) is 32.8 Å². The fourth-order valence-corrected chi connectivity index (χ4v) is 4.29. The van der Waals surface area contributed by atoms with Crippen molar-refractivity contribution in [1.82, 2.24) is 9.88 Å².